The largest absolute Gasteiger partial charge is 0.466 e. The number of terminal acetylenes is 1. The second-order valence-corrected chi connectivity index (χ2v) is 1.67. The van der Waals surface area contributed by atoms with E-state index in [1.807, 2.05) is 0 Å². The zero-order valence-electron chi connectivity index (χ0n) is 6.57. The van der Waals surface area contributed by atoms with E-state index in [1.165, 1.54) is 7.11 Å². The molecule has 0 aromatic rings. The smallest absolute Gasteiger partial charge is 0.331 e. The normalized spacial score (nSPS) is 9.00. The summed E-state index contributed by atoms with van der Waals surface area (Å²) >= 11 is 0. The van der Waals surface area contributed by atoms with Crippen molar-refractivity contribution < 1.29 is 19.1 Å². The summed E-state index contributed by atoms with van der Waals surface area (Å²) in [5, 5.41) is 0. The summed E-state index contributed by atoms with van der Waals surface area (Å²) in [5.74, 6) is 0.821. The van der Waals surface area contributed by atoms with Gasteiger partial charge in [0.2, 0.25) is 0 Å². The van der Waals surface area contributed by atoms with Crippen LogP contribution in [-0.4, -0.2) is 25.7 Å². The molecule has 0 aliphatic carbocycles. The molecule has 0 amide bonds. The van der Waals surface area contributed by atoms with E-state index in [-0.39, 0.29) is 6.61 Å². The number of carbonyl (C=O) groups excluding carboxylic acids is 2. The van der Waals surface area contributed by atoms with Crippen LogP contribution in [0.4, 0.5) is 0 Å². The first-order valence-electron chi connectivity index (χ1n) is 3.07. The molecule has 4 heteroatoms. The molecular formula is C8H8O4. The van der Waals surface area contributed by atoms with Crippen molar-refractivity contribution in [1.29, 1.82) is 0 Å². The molecular weight excluding hydrogens is 160 g/mol. The quantitative estimate of drug-likeness (QED) is 0.335. The lowest BCUT2D eigenvalue weighted by Crippen LogP contribution is -2.02. The zero-order valence-corrected chi connectivity index (χ0v) is 6.57. The first kappa shape index (κ1) is 10.2. The highest BCUT2D eigenvalue weighted by Gasteiger charge is 1.96. The highest BCUT2D eigenvalue weighted by Crippen LogP contribution is 1.82. The van der Waals surface area contributed by atoms with E-state index in [4.69, 9.17) is 6.42 Å². The van der Waals surface area contributed by atoms with Gasteiger partial charge in [-0.1, -0.05) is 5.92 Å². The predicted octanol–water partition coefficient (Wildman–Crippen LogP) is -0.108. The molecule has 0 unspecified atom stereocenters. The van der Waals surface area contributed by atoms with Crippen LogP contribution in [0.1, 0.15) is 0 Å². The van der Waals surface area contributed by atoms with Gasteiger partial charge in [-0.2, -0.15) is 0 Å². The lowest BCUT2D eigenvalue weighted by molar-refractivity contribution is -0.138. The van der Waals surface area contributed by atoms with Crippen molar-refractivity contribution in [3.8, 4) is 12.3 Å². The first-order valence-corrected chi connectivity index (χ1v) is 3.07. The van der Waals surface area contributed by atoms with Crippen LogP contribution < -0.4 is 0 Å². The van der Waals surface area contributed by atoms with Crippen molar-refractivity contribution >= 4 is 11.9 Å². The summed E-state index contributed by atoms with van der Waals surface area (Å²) in [5.41, 5.74) is 0. The Morgan fingerprint density at radius 2 is 2.00 bits per heavy atom. The zero-order chi connectivity index (χ0) is 9.40. The molecule has 0 aromatic carbocycles. The molecule has 0 aliphatic heterocycles. The maximum Gasteiger partial charge on any atom is 0.331 e. The summed E-state index contributed by atoms with van der Waals surface area (Å²) in [4.78, 5) is 21.0. The molecule has 64 valence electrons. The van der Waals surface area contributed by atoms with E-state index >= 15 is 0 Å². The molecule has 0 saturated heterocycles. The van der Waals surface area contributed by atoms with Crippen LogP contribution in [0.3, 0.4) is 0 Å². The Morgan fingerprint density at radius 3 is 2.50 bits per heavy atom. The second kappa shape index (κ2) is 5.98. The Hall–Kier alpha value is -1.76. The fraction of sp³-hybridized carbons (Fsp3) is 0.250. The van der Waals surface area contributed by atoms with Gasteiger partial charge in [0.1, 0.15) is 0 Å². The molecule has 0 heterocycles. The lowest BCUT2D eigenvalue weighted by atomic mass is 10.5. The molecule has 0 spiro atoms. The number of rotatable bonds is 3. The fourth-order valence-electron chi connectivity index (χ4n) is 0.365. The van der Waals surface area contributed by atoms with Gasteiger partial charge in [0, 0.05) is 12.2 Å². The topological polar surface area (TPSA) is 52.6 Å². The molecule has 0 atom stereocenters. The molecule has 0 N–H and O–H groups in total. The third-order valence-corrected chi connectivity index (χ3v) is 0.854. The molecule has 0 saturated carbocycles. The molecule has 4 nitrogen and oxygen atoms in total. The summed E-state index contributed by atoms with van der Waals surface area (Å²) in [6, 6.07) is 0. The van der Waals surface area contributed by atoms with E-state index < -0.39 is 11.9 Å². The maximum absolute atomic E-state index is 10.6. The van der Waals surface area contributed by atoms with E-state index in [2.05, 4.69) is 15.4 Å². The minimum absolute atomic E-state index is 0.107. The van der Waals surface area contributed by atoms with E-state index in [9.17, 15) is 9.59 Å². The molecule has 0 radical (unpaired) electrons. The van der Waals surface area contributed by atoms with Crippen LogP contribution in [0.5, 0.6) is 0 Å². The van der Waals surface area contributed by atoms with Gasteiger partial charge in [-0.15, -0.1) is 6.42 Å². The van der Waals surface area contributed by atoms with Gasteiger partial charge in [-0.3, -0.25) is 0 Å². The number of esters is 2. The SMILES string of the molecule is C#CCOC(=O)/C=C/C(=O)OC. The van der Waals surface area contributed by atoms with Crippen LogP contribution in [0.2, 0.25) is 0 Å². The van der Waals surface area contributed by atoms with Crippen LogP contribution in [0, 0.1) is 12.3 Å². The molecule has 0 bridgehead atoms. The summed E-state index contributed by atoms with van der Waals surface area (Å²) in [7, 11) is 1.21. The van der Waals surface area contributed by atoms with Crippen molar-refractivity contribution in [3.05, 3.63) is 12.2 Å². The average molecular weight is 168 g/mol. The number of hydrogen-bond donors (Lipinski definition) is 0. The maximum atomic E-state index is 10.6. The third-order valence-electron chi connectivity index (χ3n) is 0.854. The van der Waals surface area contributed by atoms with Crippen LogP contribution in [-0.2, 0) is 19.1 Å². The van der Waals surface area contributed by atoms with Gasteiger partial charge in [0.15, 0.2) is 6.61 Å². The van der Waals surface area contributed by atoms with Crippen molar-refractivity contribution in [2.75, 3.05) is 13.7 Å². The van der Waals surface area contributed by atoms with Crippen molar-refractivity contribution in [1.82, 2.24) is 0 Å². The Balaban J connectivity index is 3.77. The summed E-state index contributed by atoms with van der Waals surface area (Å²) in [6.45, 7) is -0.107. The average Bonchev–Trinajstić information content (AvgIpc) is 2.10. The predicted molar refractivity (Wildman–Crippen MR) is 40.9 cm³/mol. The van der Waals surface area contributed by atoms with Gasteiger partial charge in [-0.25, -0.2) is 9.59 Å². The molecule has 0 aliphatic rings. The van der Waals surface area contributed by atoms with Gasteiger partial charge < -0.3 is 9.47 Å². The second-order valence-electron chi connectivity index (χ2n) is 1.67. The standard InChI is InChI=1S/C8H8O4/c1-3-6-12-8(10)5-4-7(9)11-2/h1,4-5H,6H2,2H3/b5-4+. The minimum atomic E-state index is -0.668. The Labute approximate surface area is 70.2 Å². The van der Waals surface area contributed by atoms with Gasteiger partial charge in [0.25, 0.3) is 0 Å². The van der Waals surface area contributed by atoms with E-state index in [0.29, 0.717) is 0 Å². The Morgan fingerprint density at radius 1 is 1.42 bits per heavy atom. The first-order chi connectivity index (χ1) is 5.70. The number of methoxy groups -OCH3 is 1. The highest BCUT2D eigenvalue weighted by molar-refractivity contribution is 5.91. The fourth-order valence-corrected chi connectivity index (χ4v) is 0.365. The Bertz CT molecular complexity index is 234. The number of ether oxygens (including phenoxy) is 2. The molecule has 0 aromatic heterocycles. The molecule has 12 heavy (non-hydrogen) atoms. The van der Waals surface area contributed by atoms with Crippen molar-refractivity contribution in [2.45, 2.75) is 0 Å². The van der Waals surface area contributed by atoms with Crippen molar-refractivity contribution in [2.24, 2.45) is 0 Å². The monoisotopic (exact) mass is 168 g/mol. The molecule has 0 fully saturated rings. The summed E-state index contributed by atoms with van der Waals surface area (Å²) in [6.07, 6.45) is 6.72. The van der Waals surface area contributed by atoms with E-state index in [0.717, 1.165) is 12.2 Å². The van der Waals surface area contributed by atoms with Gasteiger partial charge in [-0.05, 0) is 0 Å². The van der Waals surface area contributed by atoms with Crippen LogP contribution in [0.25, 0.3) is 0 Å². The van der Waals surface area contributed by atoms with E-state index in [1.54, 1.807) is 0 Å². The number of carbonyl (C=O) groups is 2. The number of hydrogen-bond acceptors (Lipinski definition) is 4. The van der Waals surface area contributed by atoms with Crippen molar-refractivity contribution in [3.63, 3.8) is 0 Å². The Kier molecular flexibility index (Phi) is 5.11. The van der Waals surface area contributed by atoms with Gasteiger partial charge >= 0.3 is 11.9 Å². The minimum Gasteiger partial charge on any atom is -0.466 e. The molecule has 0 rings (SSSR count). The van der Waals surface area contributed by atoms with Crippen LogP contribution >= 0.6 is 0 Å². The summed E-state index contributed by atoms with van der Waals surface area (Å²) < 4.78 is 8.65. The van der Waals surface area contributed by atoms with Gasteiger partial charge in [0.05, 0.1) is 7.11 Å². The van der Waals surface area contributed by atoms with Crippen LogP contribution in [0.15, 0.2) is 12.2 Å². The lowest BCUT2D eigenvalue weighted by Gasteiger charge is -1.93. The third kappa shape index (κ3) is 5.06. The highest BCUT2D eigenvalue weighted by atomic mass is 16.5.